The molecule has 3 rings (SSSR count). The van der Waals surface area contributed by atoms with Crippen LogP contribution in [0.2, 0.25) is 0 Å². The summed E-state index contributed by atoms with van der Waals surface area (Å²) < 4.78 is 15.4. The van der Waals surface area contributed by atoms with E-state index in [4.69, 9.17) is 0 Å². The van der Waals surface area contributed by atoms with Gasteiger partial charge < -0.3 is 18.9 Å². The Labute approximate surface area is 187 Å². The van der Waals surface area contributed by atoms with Gasteiger partial charge in [-0.25, -0.2) is 4.98 Å². The molecule has 24 heavy (non-hydrogen) atoms. The minimum Gasteiger partial charge on any atom is -0.780 e. The average molecular weight is 377 g/mol. The summed E-state index contributed by atoms with van der Waals surface area (Å²) in [7, 11) is -5.11. The van der Waals surface area contributed by atoms with Crippen molar-refractivity contribution in [1.82, 2.24) is 4.98 Å². The fraction of sp³-hybridized carbons (Fsp3) is 0. The number of phosphoric ester groups is 1. The first kappa shape index (κ1) is 22.1. The maximum atomic E-state index is 10.8. The number of rotatable bonds is 4. The van der Waals surface area contributed by atoms with Crippen molar-refractivity contribution in [3.63, 3.8) is 0 Å². The molecule has 0 N–H and O–H groups in total. The first-order valence-electron chi connectivity index (χ1n) is 6.35. The van der Waals surface area contributed by atoms with E-state index < -0.39 is 7.82 Å². The first-order valence-corrected chi connectivity index (χ1v) is 8.69. The number of benzene rings is 2. The Morgan fingerprint density at radius 3 is 2.25 bits per heavy atom. The van der Waals surface area contributed by atoms with Crippen LogP contribution in [0.4, 0.5) is 0 Å². The van der Waals surface area contributed by atoms with Crippen molar-refractivity contribution >= 4 is 19.2 Å². The van der Waals surface area contributed by atoms with Crippen LogP contribution in [0, 0.1) is 0 Å². The summed E-state index contributed by atoms with van der Waals surface area (Å²) in [4.78, 5) is 26.2. The monoisotopic (exact) mass is 377 g/mol. The Balaban J connectivity index is 0.00000144. The van der Waals surface area contributed by atoms with Crippen molar-refractivity contribution in [2.75, 3.05) is 0 Å². The van der Waals surface area contributed by atoms with Crippen LogP contribution < -0.4 is 73.4 Å². The Bertz CT molecular complexity index is 838. The van der Waals surface area contributed by atoms with Gasteiger partial charge in [-0.2, -0.15) is 0 Å². The summed E-state index contributed by atoms with van der Waals surface area (Å²) in [5.41, 5.74) is 2.21. The van der Waals surface area contributed by atoms with Crippen molar-refractivity contribution in [3.8, 4) is 27.6 Å². The first-order chi connectivity index (χ1) is 10.5. The van der Waals surface area contributed by atoms with Gasteiger partial charge in [-0.3, -0.25) is 0 Å². The molecule has 0 amide bonds. The quantitative estimate of drug-likeness (QED) is 0.351. The molecule has 0 aliphatic carbocycles. The summed E-state index contributed by atoms with van der Waals surface area (Å²) in [6.07, 6.45) is 0. The third-order valence-electron chi connectivity index (χ3n) is 2.90. The van der Waals surface area contributed by atoms with Gasteiger partial charge in [-0.1, -0.05) is 42.5 Å². The number of hydrogen-bond acceptors (Lipinski definition) is 6. The van der Waals surface area contributed by atoms with Crippen molar-refractivity contribution in [2.45, 2.75) is 0 Å². The van der Waals surface area contributed by atoms with E-state index in [1.165, 1.54) is 17.4 Å². The standard InChI is InChI=1S/C15H12NO4PS.2Na/c17-21(18,19)20-14-9-5-4-8-12(14)15-16-13(10-22-15)11-6-2-1-3-7-11;;/h1-10H,(H2,17,18,19);;/q;2*+1/p-2. The van der Waals surface area contributed by atoms with Gasteiger partial charge in [-0.05, 0) is 12.1 Å². The summed E-state index contributed by atoms with van der Waals surface area (Å²) >= 11 is 1.35. The van der Waals surface area contributed by atoms with E-state index in [2.05, 4.69) is 9.51 Å². The Morgan fingerprint density at radius 1 is 0.958 bits per heavy atom. The molecule has 0 bridgehead atoms. The smallest absolute Gasteiger partial charge is 0.780 e. The molecule has 3 aromatic rings. The molecule has 0 aliphatic rings. The van der Waals surface area contributed by atoms with Crippen LogP contribution in [0.1, 0.15) is 0 Å². The molecule has 0 atom stereocenters. The molecule has 2 aromatic carbocycles. The largest absolute Gasteiger partial charge is 1.00 e. The molecule has 0 fully saturated rings. The van der Waals surface area contributed by atoms with Gasteiger partial charge in [-0.15, -0.1) is 11.3 Å². The van der Waals surface area contributed by atoms with Crippen molar-refractivity contribution < 1.29 is 78.0 Å². The van der Waals surface area contributed by atoms with E-state index in [0.29, 0.717) is 10.6 Å². The zero-order valence-corrected chi connectivity index (χ0v) is 18.9. The number of para-hydroxylation sites is 1. The van der Waals surface area contributed by atoms with E-state index in [1.54, 1.807) is 18.2 Å². The van der Waals surface area contributed by atoms with Gasteiger partial charge in [0.05, 0.1) is 11.3 Å². The minimum absolute atomic E-state index is 0. The second kappa shape index (κ2) is 9.64. The maximum Gasteiger partial charge on any atom is 1.00 e. The van der Waals surface area contributed by atoms with Crippen LogP contribution >= 0.6 is 19.2 Å². The van der Waals surface area contributed by atoms with Gasteiger partial charge in [0.1, 0.15) is 18.6 Å². The second-order valence-electron chi connectivity index (χ2n) is 4.44. The Kier molecular flexibility index (Phi) is 8.87. The summed E-state index contributed by atoms with van der Waals surface area (Å²) in [5, 5.41) is 2.46. The van der Waals surface area contributed by atoms with Gasteiger partial charge >= 0.3 is 59.1 Å². The van der Waals surface area contributed by atoms with E-state index in [-0.39, 0.29) is 64.9 Å². The van der Waals surface area contributed by atoms with Gasteiger partial charge in [0, 0.05) is 10.9 Å². The number of thiazole rings is 1. The van der Waals surface area contributed by atoms with Crippen LogP contribution in [0.5, 0.6) is 5.75 Å². The predicted octanol–water partition coefficient (Wildman–Crippen LogP) is -3.31. The van der Waals surface area contributed by atoms with Crippen LogP contribution in [-0.4, -0.2) is 4.98 Å². The molecule has 1 heterocycles. The van der Waals surface area contributed by atoms with Crippen LogP contribution in [-0.2, 0) is 4.57 Å². The summed E-state index contributed by atoms with van der Waals surface area (Å²) in [6.45, 7) is 0. The van der Waals surface area contributed by atoms with E-state index in [1.807, 2.05) is 35.7 Å². The predicted molar refractivity (Wildman–Crippen MR) is 81.2 cm³/mol. The maximum absolute atomic E-state index is 10.8. The molecule has 0 spiro atoms. The van der Waals surface area contributed by atoms with Crippen molar-refractivity contribution in [2.24, 2.45) is 0 Å². The normalized spacial score (nSPS) is 10.4. The Morgan fingerprint density at radius 2 is 1.58 bits per heavy atom. The second-order valence-corrected chi connectivity index (χ2v) is 6.37. The number of phosphoric acid groups is 1. The zero-order valence-electron chi connectivity index (χ0n) is 13.2. The van der Waals surface area contributed by atoms with Crippen molar-refractivity contribution in [3.05, 3.63) is 60.0 Å². The number of nitrogens with zero attached hydrogens (tertiary/aromatic N) is 1. The van der Waals surface area contributed by atoms with E-state index in [9.17, 15) is 14.4 Å². The van der Waals surface area contributed by atoms with Gasteiger partial charge in [0.15, 0.2) is 0 Å². The number of hydrogen-bond donors (Lipinski definition) is 0. The van der Waals surface area contributed by atoms with E-state index >= 15 is 0 Å². The summed E-state index contributed by atoms with van der Waals surface area (Å²) in [5.74, 6) is -0.00945. The topological polar surface area (TPSA) is 85.3 Å². The molecular weight excluding hydrogens is 367 g/mol. The van der Waals surface area contributed by atoms with Crippen LogP contribution in [0.25, 0.3) is 21.8 Å². The molecule has 0 saturated heterocycles. The zero-order chi connectivity index (χ0) is 15.6. The third kappa shape index (κ3) is 5.78. The third-order valence-corrected chi connectivity index (χ3v) is 4.20. The van der Waals surface area contributed by atoms with Crippen molar-refractivity contribution in [1.29, 1.82) is 0 Å². The van der Waals surface area contributed by atoms with Gasteiger partial charge in [0.25, 0.3) is 0 Å². The molecule has 0 radical (unpaired) electrons. The van der Waals surface area contributed by atoms with Crippen LogP contribution in [0.15, 0.2) is 60.0 Å². The fourth-order valence-corrected chi connectivity index (χ4v) is 3.24. The molecule has 0 aliphatic heterocycles. The molecule has 0 saturated carbocycles. The molecule has 0 unspecified atom stereocenters. The van der Waals surface area contributed by atoms with Crippen LogP contribution in [0.3, 0.4) is 0 Å². The SMILES string of the molecule is O=P([O-])([O-])Oc1ccccc1-c1nc(-c2ccccc2)cs1.[Na+].[Na+]. The molecular formula is C15H10NNa2O4PS. The Hall–Kier alpha value is 0.0200. The molecule has 1 aromatic heterocycles. The molecule has 9 heteroatoms. The molecule has 5 nitrogen and oxygen atoms in total. The number of aromatic nitrogens is 1. The summed E-state index contributed by atoms with van der Waals surface area (Å²) in [6, 6.07) is 16.0. The van der Waals surface area contributed by atoms with E-state index in [0.717, 1.165) is 11.3 Å². The fourth-order valence-electron chi connectivity index (χ4n) is 1.98. The minimum atomic E-state index is -5.11. The van der Waals surface area contributed by atoms with Gasteiger partial charge in [0.2, 0.25) is 0 Å². The molecule has 112 valence electrons. The average Bonchev–Trinajstić information content (AvgIpc) is 2.97.